The van der Waals surface area contributed by atoms with E-state index in [-0.39, 0.29) is 16.3 Å². The van der Waals surface area contributed by atoms with E-state index in [2.05, 4.69) is 5.10 Å². The minimum Gasteiger partial charge on any atom is -0.480 e. The lowest BCUT2D eigenvalue weighted by Crippen LogP contribution is -2.39. The molecule has 0 spiro atoms. The van der Waals surface area contributed by atoms with E-state index in [1.807, 2.05) is 0 Å². The smallest absolute Gasteiger partial charge is 0.408 e. The number of benzene rings is 1. The molecule has 1 saturated heterocycles. The van der Waals surface area contributed by atoms with Gasteiger partial charge in [-0.25, -0.2) is 22.7 Å². The molecule has 2 atom stereocenters. The van der Waals surface area contributed by atoms with Crippen LogP contribution in [0, 0.1) is 0 Å². The van der Waals surface area contributed by atoms with Gasteiger partial charge in [0.2, 0.25) is 0 Å². The summed E-state index contributed by atoms with van der Waals surface area (Å²) in [5, 5.41) is 21.1. The monoisotopic (exact) mass is 399 g/mol. The van der Waals surface area contributed by atoms with Crippen LogP contribution in [0.2, 0.25) is 5.02 Å². The molecule has 1 aliphatic rings. The molecule has 2 aromatic rings. The van der Waals surface area contributed by atoms with Crippen LogP contribution in [0.4, 0.5) is 4.79 Å². The van der Waals surface area contributed by atoms with Gasteiger partial charge in [-0.3, -0.25) is 4.90 Å². The maximum Gasteiger partial charge on any atom is 0.408 e. The number of aliphatic carboxylic acids is 1. The first-order valence-electron chi connectivity index (χ1n) is 7.47. The van der Waals surface area contributed by atoms with Crippen LogP contribution in [0.25, 0.3) is 5.69 Å². The number of likely N-dealkylation sites (tertiary alicyclic amines) is 1. The number of halogens is 1. The zero-order valence-electron chi connectivity index (χ0n) is 13.2. The van der Waals surface area contributed by atoms with E-state index in [9.17, 15) is 18.0 Å². The average molecular weight is 400 g/mol. The van der Waals surface area contributed by atoms with Crippen molar-refractivity contribution in [2.75, 3.05) is 6.54 Å². The van der Waals surface area contributed by atoms with Crippen molar-refractivity contribution in [1.29, 1.82) is 0 Å². The lowest BCUT2D eigenvalue weighted by molar-refractivity contribution is -0.141. The number of carboxylic acid groups (broad SMARTS) is 2. The normalized spacial score (nSPS) is 20.3. The number of rotatable bonds is 4. The zero-order chi connectivity index (χ0) is 19.1. The van der Waals surface area contributed by atoms with Crippen LogP contribution in [0.15, 0.2) is 41.6 Å². The Morgan fingerprint density at radius 2 is 2.00 bits per heavy atom. The number of aromatic nitrogens is 2. The molecule has 1 aromatic carbocycles. The first kappa shape index (κ1) is 18.2. The summed E-state index contributed by atoms with van der Waals surface area (Å²) in [5.74, 6) is -1.38. The summed E-state index contributed by atoms with van der Waals surface area (Å²) in [7, 11) is -4.02. The Morgan fingerprint density at radius 3 is 2.50 bits per heavy atom. The van der Waals surface area contributed by atoms with Crippen molar-refractivity contribution in [3.63, 3.8) is 0 Å². The molecule has 1 amide bonds. The van der Waals surface area contributed by atoms with Crippen molar-refractivity contribution < 1.29 is 28.2 Å². The first-order chi connectivity index (χ1) is 12.2. The minimum atomic E-state index is -4.02. The van der Waals surface area contributed by atoms with Gasteiger partial charge in [0.25, 0.3) is 0 Å². The minimum absolute atomic E-state index is 0.0429. The van der Waals surface area contributed by atoms with Crippen molar-refractivity contribution in [3.05, 3.63) is 41.7 Å². The molecule has 0 radical (unpaired) electrons. The summed E-state index contributed by atoms with van der Waals surface area (Å²) in [6.07, 6.45) is 1.42. The van der Waals surface area contributed by atoms with E-state index < -0.39 is 39.7 Å². The summed E-state index contributed by atoms with van der Waals surface area (Å²) in [5.41, 5.74) is 0.556. The molecule has 0 bridgehead atoms. The number of sulfone groups is 1. The Balaban J connectivity index is 1.93. The third-order valence-electron chi connectivity index (χ3n) is 4.22. The molecule has 2 N–H and O–H groups in total. The maximum absolute atomic E-state index is 12.9. The highest BCUT2D eigenvalue weighted by Gasteiger charge is 2.46. The fourth-order valence-corrected chi connectivity index (χ4v) is 5.17. The molecule has 0 saturated carbocycles. The highest BCUT2D eigenvalue weighted by atomic mass is 35.5. The average Bonchev–Trinajstić information content (AvgIpc) is 3.24. The van der Waals surface area contributed by atoms with Crippen molar-refractivity contribution >= 4 is 33.5 Å². The Bertz CT molecular complexity index is 938. The van der Waals surface area contributed by atoms with E-state index in [0.29, 0.717) is 10.6 Å². The van der Waals surface area contributed by atoms with Crippen molar-refractivity contribution in [1.82, 2.24) is 14.7 Å². The largest absolute Gasteiger partial charge is 0.480 e. The lowest BCUT2D eigenvalue weighted by atomic mass is 10.2. The number of amides is 1. The Labute approximate surface area is 153 Å². The van der Waals surface area contributed by atoms with Crippen LogP contribution in [-0.2, 0) is 14.6 Å². The first-order valence-corrected chi connectivity index (χ1v) is 9.40. The Morgan fingerprint density at radius 1 is 1.27 bits per heavy atom. The van der Waals surface area contributed by atoms with Gasteiger partial charge < -0.3 is 10.2 Å². The number of carbonyl (C=O) groups is 2. The highest BCUT2D eigenvalue weighted by Crippen LogP contribution is 2.32. The predicted octanol–water partition coefficient (Wildman–Crippen LogP) is 1.50. The summed E-state index contributed by atoms with van der Waals surface area (Å²) < 4.78 is 27.2. The van der Waals surface area contributed by atoms with Gasteiger partial charge in [0.05, 0.1) is 20.9 Å². The zero-order valence-corrected chi connectivity index (χ0v) is 14.8. The summed E-state index contributed by atoms with van der Waals surface area (Å²) in [6.45, 7) is -0.425. The quantitative estimate of drug-likeness (QED) is 0.796. The van der Waals surface area contributed by atoms with Gasteiger partial charge in [0, 0.05) is 18.9 Å². The Kier molecular flexibility index (Phi) is 4.63. The second-order valence-electron chi connectivity index (χ2n) is 5.76. The molecule has 2 heterocycles. The van der Waals surface area contributed by atoms with Crippen LogP contribution >= 0.6 is 11.6 Å². The van der Waals surface area contributed by atoms with Gasteiger partial charge in [-0.05, 0) is 30.7 Å². The number of carboxylic acids is 1. The fraction of sp³-hybridized carbons (Fsp3) is 0.267. The van der Waals surface area contributed by atoms with E-state index >= 15 is 0 Å². The molecular formula is C15H14ClN3O6S. The summed E-state index contributed by atoms with van der Waals surface area (Å²) >= 11 is 6.14. The topological polar surface area (TPSA) is 130 Å². The molecular weight excluding hydrogens is 386 g/mol. The van der Waals surface area contributed by atoms with E-state index in [4.69, 9.17) is 21.8 Å². The van der Waals surface area contributed by atoms with Crippen LogP contribution < -0.4 is 0 Å². The van der Waals surface area contributed by atoms with Crippen LogP contribution in [0.3, 0.4) is 0 Å². The molecule has 9 nitrogen and oxygen atoms in total. The summed E-state index contributed by atoms with van der Waals surface area (Å²) in [6, 6.07) is 4.55. The second-order valence-corrected chi connectivity index (χ2v) is 8.36. The van der Waals surface area contributed by atoms with Crippen molar-refractivity contribution in [2.45, 2.75) is 22.6 Å². The highest BCUT2D eigenvalue weighted by molar-refractivity contribution is 7.92. The van der Waals surface area contributed by atoms with Gasteiger partial charge in [-0.1, -0.05) is 11.6 Å². The van der Waals surface area contributed by atoms with Crippen LogP contribution in [-0.4, -0.2) is 63.2 Å². The van der Waals surface area contributed by atoms with Gasteiger partial charge in [0.1, 0.15) is 6.04 Å². The fourth-order valence-electron chi connectivity index (χ4n) is 2.93. The molecule has 11 heteroatoms. The third-order valence-corrected chi connectivity index (χ3v) is 6.84. The Hall–Kier alpha value is -2.59. The van der Waals surface area contributed by atoms with Crippen LogP contribution in [0.1, 0.15) is 6.42 Å². The molecule has 1 fully saturated rings. The molecule has 0 unspecified atom stereocenters. The molecule has 1 aromatic heterocycles. The molecule has 138 valence electrons. The van der Waals surface area contributed by atoms with Gasteiger partial charge in [0.15, 0.2) is 9.84 Å². The number of hydrogen-bond acceptors (Lipinski definition) is 5. The van der Waals surface area contributed by atoms with Gasteiger partial charge in [-0.15, -0.1) is 0 Å². The van der Waals surface area contributed by atoms with E-state index in [0.717, 1.165) is 0 Å². The predicted molar refractivity (Wildman–Crippen MR) is 90.3 cm³/mol. The van der Waals surface area contributed by atoms with Crippen LogP contribution in [0.5, 0.6) is 0 Å². The van der Waals surface area contributed by atoms with E-state index in [1.54, 1.807) is 18.5 Å². The molecule has 1 aliphatic heterocycles. The molecule has 3 rings (SSSR count). The number of nitrogens with zero attached hydrogens (tertiary/aromatic N) is 3. The number of hydrogen-bond donors (Lipinski definition) is 2. The maximum atomic E-state index is 12.9. The lowest BCUT2D eigenvalue weighted by Gasteiger charge is -2.17. The summed E-state index contributed by atoms with van der Waals surface area (Å²) in [4.78, 5) is 22.9. The van der Waals surface area contributed by atoms with Gasteiger partial charge >= 0.3 is 12.1 Å². The molecule has 0 aliphatic carbocycles. The van der Waals surface area contributed by atoms with Gasteiger partial charge in [-0.2, -0.15) is 5.10 Å². The van der Waals surface area contributed by atoms with Crippen molar-refractivity contribution in [3.8, 4) is 5.69 Å². The van der Waals surface area contributed by atoms with Crippen molar-refractivity contribution in [2.24, 2.45) is 0 Å². The second kappa shape index (κ2) is 6.61. The van der Waals surface area contributed by atoms with E-state index in [1.165, 1.54) is 22.9 Å². The SMILES string of the molecule is O=C(O)[C@@H]1C[C@@H](S(=O)(=O)c2ccc(-n3cccn3)cc2Cl)CN1C(=O)O. The molecule has 26 heavy (non-hydrogen) atoms. The third kappa shape index (κ3) is 3.13. The standard InChI is InChI=1S/C15H14ClN3O6S/c16-11-6-9(19-5-1-4-17-19)2-3-13(11)26(24,25)10-7-12(14(20)21)18(8-10)15(22)23/h1-6,10,12H,7-8H2,(H,20,21)(H,22,23)/t10-,12+/m1/s1.